The van der Waals surface area contributed by atoms with E-state index in [0.717, 1.165) is 49.7 Å². The molecule has 0 amide bonds. The average Bonchev–Trinajstić information content (AvgIpc) is 4.03. The number of rotatable bonds is 15. The second-order valence-electron chi connectivity index (χ2n) is 18.6. The molecule has 0 aliphatic carbocycles. The molecule has 3 fully saturated rings. The van der Waals surface area contributed by atoms with Gasteiger partial charge in [0.05, 0.1) is 19.8 Å². The number of aryl methyl sites for hydroxylation is 4. The van der Waals surface area contributed by atoms with Crippen molar-refractivity contribution in [1.29, 1.82) is 0 Å². The minimum absolute atomic E-state index is 0.0943. The number of aliphatic hydroxyl groups is 9. The zero-order valence-corrected chi connectivity index (χ0v) is 43.3. The van der Waals surface area contributed by atoms with Crippen molar-refractivity contribution in [3.05, 3.63) is 204 Å². The standard InChI is InChI=1S/C18H22N2O6.2C17H19ClN2O6/c1-11-2-4-12(5-3-11)6-8-19-14(22)7-9-20(18(19)25)17-16(24)15(23)13(10-21)26-17;18-11-3-1-2-10(8-11)4-6-19-13(22)5-7-20(17(19)25)16-15(24)14(23)12(9-21)26-16;18-11-4-2-1-3-10(11)5-7-19-13(22)6-8-20(17(19)25)16-15(24)14(23)12(9-21)26-16/h2-5,7,9,13,15-17,21,23-24H,6,8,10H2,1H3;1-3,5,7-8,12,14-16,21,23-24H,4,6,9H2;1-4,6,8,12,14-16,21,23-24H,5,7,9H2/t13-,15?,16+,17-;2*12-,14?,15+,16-/m111/s1. The summed E-state index contributed by atoms with van der Waals surface area (Å²) in [4.78, 5) is 74.4. The number of hydrogen-bond acceptors (Lipinski definition) is 18. The molecule has 3 aromatic heterocycles. The van der Waals surface area contributed by atoms with Crippen LogP contribution in [0.25, 0.3) is 0 Å². The molecule has 3 aromatic carbocycles. The SMILES string of the molecule is Cc1ccc(CCn2c(=O)ccn([C@@H]3O[C@H](CO)C(O)[C@@H]3O)c2=O)cc1.O=c1ccn([C@@H]2O[C@H](CO)C(O)[C@@H]2O)c(=O)n1CCc1cccc(Cl)c1.O=c1ccn([C@@H]2O[C@H](CO)C(O)[C@@H]2O)c(=O)n1CCc1ccccc1Cl. The summed E-state index contributed by atoms with van der Waals surface area (Å²) in [6, 6.07) is 25.6. The molecule has 12 atom stereocenters. The summed E-state index contributed by atoms with van der Waals surface area (Å²) in [7, 11) is 0. The van der Waals surface area contributed by atoms with Crippen LogP contribution in [-0.2, 0) is 53.1 Å². The van der Waals surface area contributed by atoms with Gasteiger partial charge in [-0.1, -0.05) is 83.4 Å². The van der Waals surface area contributed by atoms with Gasteiger partial charge in [-0.15, -0.1) is 0 Å². The molecule has 0 bridgehead atoms. The van der Waals surface area contributed by atoms with E-state index in [-0.39, 0.29) is 19.6 Å². The Balaban J connectivity index is 0.000000170. The van der Waals surface area contributed by atoms with E-state index < -0.39 is 127 Å². The first-order chi connectivity index (χ1) is 37.3. The molecule has 3 aliphatic heterocycles. The minimum Gasteiger partial charge on any atom is -0.394 e. The molecule has 9 rings (SSSR count). The van der Waals surface area contributed by atoms with E-state index in [0.29, 0.717) is 29.3 Å². The van der Waals surface area contributed by atoms with E-state index in [1.807, 2.05) is 43.3 Å². The smallest absolute Gasteiger partial charge is 0.333 e. The van der Waals surface area contributed by atoms with E-state index in [2.05, 4.69) is 0 Å². The van der Waals surface area contributed by atoms with Crippen LogP contribution in [0.15, 0.2) is 138 Å². The molecule has 9 N–H and O–H groups in total. The summed E-state index contributed by atoms with van der Waals surface area (Å²) in [5, 5.41) is 88.5. The maximum Gasteiger partial charge on any atom is 0.333 e. The van der Waals surface area contributed by atoms with Crippen LogP contribution in [-0.4, -0.2) is 148 Å². The van der Waals surface area contributed by atoms with Gasteiger partial charge >= 0.3 is 17.1 Å². The zero-order valence-electron chi connectivity index (χ0n) is 41.8. The molecule has 6 aromatic rings. The third-order valence-electron chi connectivity index (χ3n) is 13.5. The highest BCUT2D eigenvalue weighted by atomic mass is 35.5. The van der Waals surface area contributed by atoms with E-state index >= 15 is 0 Å². The molecule has 6 heterocycles. The van der Waals surface area contributed by atoms with Crippen molar-refractivity contribution in [3.63, 3.8) is 0 Å². The van der Waals surface area contributed by atoms with Gasteiger partial charge in [0, 0.05) is 66.5 Å². The molecule has 26 heteroatoms. The summed E-state index contributed by atoms with van der Waals surface area (Å²) >= 11 is 12.0. The fourth-order valence-corrected chi connectivity index (χ4v) is 9.43. The third-order valence-corrected chi connectivity index (χ3v) is 14.1. The summed E-state index contributed by atoms with van der Waals surface area (Å²) in [5.74, 6) is 0. The Labute approximate surface area is 452 Å². The fourth-order valence-electron chi connectivity index (χ4n) is 8.98. The predicted molar refractivity (Wildman–Crippen MR) is 279 cm³/mol. The zero-order chi connectivity index (χ0) is 56.5. The molecule has 3 aliphatic rings. The molecule has 3 unspecified atom stereocenters. The number of ether oxygens (including phenoxy) is 3. The van der Waals surface area contributed by atoms with Gasteiger partial charge < -0.3 is 60.2 Å². The summed E-state index contributed by atoms with van der Waals surface area (Å²) in [6.45, 7) is 0.871. The van der Waals surface area contributed by atoms with Crippen LogP contribution in [0.1, 0.15) is 40.9 Å². The Kier molecular flexibility index (Phi) is 20.3. The molecule has 3 saturated heterocycles. The van der Waals surface area contributed by atoms with E-state index in [1.165, 1.54) is 36.8 Å². The highest BCUT2D eigenvalue weighted by Gasteiger charge is 2.46. The lowest BCUT2D eigenvalue weighted by Crippen LogP contribution is -2.43. The molecule has 0 radical (unpaired) electrons. The molecule has 420 valence electrons. The Morgan fingerprint density at radius 3 is 1.21 bits per heavy atom. The number of aromatic nitrogens is 6. The van der Waals surface area contributed by atoms with Gasteiger partial charge in [0.25, 0.3) is 16.7 Å². The van der Waals surface area contributed by atoms with E-state index in [1.54, 1.807) is 36.4 Å². The van der Waals surface area contributed by atoms with Crippen LogP contribution in [0.5, 0.6) is 0 Å². The van der Waals surface area contributed by atoms with Crippen LogP contribution in [0.2, 0.25) is 10.0 Å². The molecular weight excluding hydrogens is 1070 g/mol. The first-order valence-electron chi connectivity index (χ1n) is 24.6. The van der Waals surface area contributed by atoms with Crippen molar-refractivity contribution >= 4 is 23.2 Å². The van der Waals surface area contributed by atoms with Crippen LogP contribution in [0, 0.1) is 6.92 Å². The number of nitrogens with zero attached hydrogens (tertiary/aromatic N) is 6. The first-order valence-corrected chi connectivity index (χ1v) is 25.4. The minimum atomic E-state index is -1.40. The number of benzene rings is 3. The van der Waals surface area contributed by atoms with Crippen molar-refractivity contribution in [2.75, 3.05) is 19.8 Å². The van der Waals surface area contributed by atoms with Crippen LogP contribution in [0.3, 0.4) is 0 Å². The quantitative estimate of drug-likeness (QED) is 0.0548. The number of aliphatic hydroxyl groups excluding tert-OH is 9. The van der Waals surface area contributed by atoms with Gasteiger partial charge in [-0.3, -0.25) is 41.8 Å². The van der Waals surface area contributed by atoms with Crippen molar-refractivity contribution in [2.24, 2.45) is 0 Å². The Morgan fingerprint density at radius 2 is 0.833 bits per heavy atom. The van der Waals surface area contributed by atoms with Gasteiger partial charge in [-0.2, -0.15) is 0 Å². The highest BCUT2D eigenvalue weighted by molar-refractivity contribution is 6.31. The molecule has 24 nitrogen and oxygen atoms in total. The highest BCUT2D eigenvalue weighted by Crippen LogP contribution is 2.30. The third kappa shape index (κ3) is 13.4. The van der Waals surface area contributed by atoms with Gasteiger partial charge in [0.2, 0.25) is 0 Å². The normalized spacial score (nSPS) is 25.5. The Hall–Kier alpha value is -6.20. The van der Waals surface area contributed by atoms with E-state index in [9.17, 15) is 74.7 Å². The maximum atomic E-state index is 12.7. The van der Waals surface area contributed by atoms with Crippen molar-refractivity contribution in [3.8, 4) is 0 Å². The van der Waals surface area contributed by atoms with E-state index in [4.69, 9.17) is 37.4 Å². The monoisotopic (exact) mass is 1130 g/mol. The lowest BCUT2D eigenvalue weighted by Gasteiger charge is -2.18. The Morgan fingerprint density at radius 1 is 0.449 bits per heavy atom. The molecule has 78 heavy (non-hydrogen) atoms. The molecule has 0 saturated carbocycles. The lowest BCUT2D eigenvalue weighted by atomic mass is 10.1. The predicted octanol–water partition coefficient (Wildman–Crippen LogP) is -1.79. The van der Waals surface area contributed by atoms with Gasteiger partial charge in [0.1, 0.15) is 54.9 Å². The maximum absolute atomic E-state index is 12.7. The van der Waals surface area contributed by atoms with Gasteiger partial charge in [-0.05, 0) is 61.1 Å². The van der Waals surface area contributed by atoms with Crippen LogP contribution >= 0.6 is 23.2 Å². The molecule has 0 spiro atoms. The van der Waals surface area contributed by atoms with Crippen LogP contribution in [0.4, 0.5) is 0 Å². The summed E-state index contributed by atoms with van der Waals surface area (Å²) in [5.41, 5.74) is 0.349. The number of halogens is 2. The Bertz CT molecular complexity index is 3360. The van der Waals surface area contributed by atoms with Crippen molar-refractivity contribution in [2.45, 2.75) is 119 Å². The lowest BCUT2D eigenvalue weighted by molar-refractivity contribution is -0.0556. The van der Waals surface area contributed by atoms with Crippen LogP contribution < -0.4 is 33.7 Å². The topological polar surface area (TPSA) is 342 Å². The average molecular weight is 1130 g/mol. The summed E-state index contributed by atoms with van der Waals surface area (Å²) < 4.78 is 22.3. The summed E-state index contributed by atoms with van der Waals surface area (Å²) in [6.07, 6.45) is -9.79. The van der Waals surface area contributed by atoms with Crippen molar-refractivity contribution < 1.29 is 60.2 Å². The van der Waals surface area contributed by atoms with Gasteiger partial charge in [0.15, 0.2) is 18.7 Å². The van der Waals surface area contributed by atoms with Gasteiger partial charge in [-0.25, -0.2) is 14.4 Å². The van der Waals surface area contributed by atoms with Crippen molar-refractivity contribution in [1.82, 2.24) is 27.4 Å². The second kappa shape index (κ2) is 26.6. The first kappa shape index (κ1) is 59.5. The fraction of sp³-hybridized carbons (Fsp3) is 0.423. The second-order valence-corrected chi connectivity index (χ2v) is 19.5. The number of hydrogen-bond donors (Lipinski definition) is 9. The molecular formula is C52H60Cl2N6O18. The largest absolute Gasteiger partial charge is 0.394 e.